The Labute approximate surface area is 171 Å². The molecule has 2 heterocycles. The first kappa shape index (κ1) is 18.4. The largest absolute Gasteiger partial charge is 0.457 e. The number of benzene rings is 2. The average molecular weight is 409 g/mol. The van der Waals surface area contributed by atoms with Crippen LogP contribution < -0.4 is 0 Å². The maximum Gasteiger partial charge on any atom is 0.221 e. The van der Waals surface area contributed by atoms with Crippen molar-refractivity contribution < 1.29 is 13.6 Å². The monoisotopic (exact) mass is 408 g/mol. The standard InChI is InChI=1S/C23H14Cl2O3/c24-18-7-3-1-5-16(18)21-12-10-15(27-21)9-11-20(26)23-14-13-22(28-23)17-6-2-4-8-19(17)25/h1-14H. The highest BCUT2D eigenvalue weighted by molar-refractivity contribution is 6.33. The van der Waals surface area contributed by atoms with E-state index >= 15 is 0 Å². The first-order chi connectivity index (χ1) is 13.6. The lowest BCUT2D eigenvalue weighted by molar-refractivity contribution is 0.102. The van der Waals surface area contributed by atoms with Gasteiger partial charge in [0.15, 0.2) is 5.76 Å². The maximum atomic E-state index is 12.4. The molecule has 0 fully saturated rings. The molecule has 5 heteroatoms. The number of carbonyl (C=O) groups is 1. The van der Waals surface area contributed by atoms with Gasteiger partial charge in [-0.2, -0.15) is 0 Å². The van der Waals surface area contributed by atoms with Crippen molar-refractivity contribution in [2.75, 3.05) is 0 Å². The topological polar surface area (TPSA) is 43.4 Å². The number of ketones is 1. The van der Waals surface area contributed by atoms with Gasteiger partial charge in [-0.15, -0.1) is 0 Å². The van der Waals surface area contributed by atoms with Gasteiger partial charge in [0.05, 0.1) is 10.0 Å². The molecule has 2 aromatic carbocycles. The van der Waals surface area contributed by atoms with Gasteiger partial charge in [0, 0.05) is 11.1 Å². The van der Waals surface area contributed by atoms with Crippen LogP contribution in [0.4, 0.5) is 0 Å². The number of hydrogen-bond acceptors (Lipinski definition) is 3. The van der Waals surface area contributed by atoms with E-state index in [1.54, 1.807) is 36.4 Å². The van der Waals surface area contributed by atoms with Crippen LogP contribution in [0.5, 0.6) is 0 Å². The lowest BCUT2D eigenvalue weighted by atomic mass is 10.2. The second kappa shape index (κ2) is 7.93. The zero-order valence-corrected chi connectivity index (χ0v) is 16.1. The molecular weight excluding hydrogens is 395 g/mol. The maximum absolute atomic E-state index is 12.4. The second-order valence-corrected chi connectivity index (χ2v) is 6.84. The molecule has 0 aliphatic rings. The normalized spacial score (nSPS) is 11.2. The molecule has 0 unspecified atom stereocenters. The minimum Gasteiger partial charge on any atom is -0.457 e. The number of rotatable bonds is 5. The van der Waals surface area contributed by atoms with Crippen LogP contribution in [-0.2, 0) is 0 Å². The molecule has 0 amide bonds. The molecular formula is C23H14Cl2O3. The highest BCUT2D eigenvalue weighted by atomic mass is 35.5. The fourth-order valence-electron chi connectivity index (χ4n) is 2.76. The predicted molar refractivity (Wildman–Crippen MR) is 112 cm³/mol. The molecule has 28 heavy (non-hydrogen) atoms. The third kappa shape index (κ3) is 3.81. The van der Waals surface area contributed by atoms with E-state index in [1.165, 1.54) is 6.08 Å². The molecule has 0 aliphatic heterocycles. The Morgan fingerprint density at radius 1 is 0.714 bits per heavy atom. The number of allylic oxidation sites excluding steroid dienone is 1. The molecule has 3 nitrogen and oxygen atoms in total. The van der Waals surface area contributed by atoms with Crippen LogP contribution in [0.2, 0.25) is 10.0 Å². The van der Waals surface area contributed by atoms with Crippen LogP contribution in [0.15, 0.2) is 87.7 Å². The quantitative estimate of drug-likeness (QED) is 0.255. The van der Waals surface area contributed by atoms with Gasteiger partial charge in [-0.25, -0.2) is 0 Å². The van der Waals surface area contributed by atoms with Crippen molar-refractivity contribution in [3.05, 3.63) is 100 Å². The van der Waals surface area contributed by atoms with E-state index in [1.807, 2.05) is 42.5 Å². The molecule has 2 aromatic heterocycles. The first-order valence-electron chi connectivity index (χ1n) is 8.54. The minimum atomic E-state index is -0.269. The van der Waals surface area contributed by atoms with Gasteiger partial charge in [0.2, 0.25) is 5.78 Å². The van der Waals surface area contributed by atoms with Crippen molar-refractivity contribution in [2.24, 2.45) is 0 Å². The molecule has 0 spiro atoms. The van der Waals surface area contributed by atoms with Crippen molar-refractivity contribution in [1.29, 1.82) is 0 Å². The van der Waals surface area contributed by atoms with Crippen LogP contribution >= 0.6 is 23.2 Å². The summed E-state index contributed by atoms with van der Waals surface area (Å²) in [6.45, 7) is 0. The molecule has 0 bridgehead atoms. The lowest BCUT2D eigenvalue weighted by Gasteiger charge is -1.99. The van der Waals surface area contributed by atoms with Crippen LogP contribution in [0.25, 0.3) is 28.7 Å². The Bertz CT molecular complexity index is 1170. The molecule has 138 valence electrons. The van der Waals surface area contributed by atoms with Crippen LogP contribution in [0, 0.1) is 0 Å². The van der Waals surface area contributed by atoms with Gasteiger partial charge in [-0.05, 0) is 60.7 Å². The predicted octanol–water partition coefficient (Wildman–Crippen LogP) is 7.41. The summed E-state index contributed by atoms with van der Waals surface area (Å²) in [5.74, 6) is 1.68. The van der Waals surface area contributed by atoms with Gasteiger partial charge in [-0.1, -0.05) is 47.5 Å². The van der Waals surface area contributed by atoms with Crippen molar-refractivity contribution in [1.82, 2.24) is 0 Å². The number of furan rings is 2. The summed E-state index contributed by atoms with van der Waals surface area (Å²) in [4.78, 5) is 12.4. The molecule has 4 aromatic rings. The van der Waals surface area contributed by atoms with Gasteiger partial charge < -0.3 is 8.83 Å². The van der Waals surface area contributed by atoms with E-state index in [4.69, 9.17) is 32.0 Å². The van der Waals surface area contributed by atoms with Crippen molar-refractivity contribution in [2.45, 2.75) is 0 Å². The first-order valence-corrected chi connectivity index (χ1v) is 9.29. The lowest BCUT2D eigenvalue weighted by Crippen LogP contribution is -1.90. The summed E-state index contributed by atoms with van der Waals surface area (Å²) in [7, 11) is 0. The van der Waals surface area contributed by atoms with E-state index < -0.39 is 0 Å². The Morgan fingerprint density at radius 3 is 1.93 bits per heavy atom. The molecule has 0 atom stereocenters. The van der Waals surface area contributed by atoms with Crippen molar-refractivity contribution in [3.63, 3.8) is 0 Å². The van der Waals surface area contributed by atoms with E-state index in [0.29, 0.717) is 27.3 Å². The second-order valence-electron chi connectivity index (χ2n) is 6.02. The van der Waals surface area contributed by atoms with Gasteiger partial charge >= 0.3 is 0 Å². The number of halogens is 2. The molecule has 0 aliphatic carbocycles. The van der Waals surface area contributed by atoms with Crippen LogP contribution in [0.3, 0.4) is 0 Å². The third-order valence-electron chi connectivity index (χ3n) is 4.15. The van der Waals surface area contributed by atoms with E-state index in [9.17, 15) is 4.79 Å². The highest BCUT2D eigenvalue weighted by Crippen LogP contribution is 2.30. The third-order valence-corrected chi connectivity index (χ3v) is 4.81. The summed E-state index contributed by atoms with van der Waals surface area (Å²) in [6.07, 6.45) is 3.00. The summed E-state index contributed by atoms with van der Waals surface area (Å²) in [5, 5.41) is 1.17. The van der Waals surface area contributed by atoms with Gasteiger partial charge in [-0.3, -0.25) is 4.79 Å². The smallest absolute Gasteiger partial charge is 0.221 e. The van der Waals surface area contributed by atoms with Crippen molar-refractivity contribution in [3.8, 4) is 22.6 Å². The fourth-order valence-corrected chi connectivity index (χ4v) is 3.22. The number of carbonyl (C=O) groups excluding carboxylic acids is 1. The Kier molecular flexibility index (Phi) is 5.20. The molecule has 4 rings (SSSR count). The molecule has 0 saturated heterocycles. The summed E-state index contributed by atoms with van der Waals surface area (Å²) >= 11 is 12.4. The Hall–Kier alpha value is -3.01. The highest BCUT2D eigenvalue weighted by Gasteiger charge is 2.12. The fraction of sp³-hybridized carbons (Fsp3) is 0. The molecule has 0 N–H and O–H groups in total. The zero-order valence-electron chi connectivity index (χ0n) is 14.6. The van der Waals surface area contributed by atoms with Gasteiger partial charge in [0.1, 0.15) is 17.3 Å². The van der Waals surface area contributed by atoms with E-state index in [0.717, 1.165) is 11.1 Å². The zero-order chi connectivity index (χ0) is 19.5. The Morgan fingerprint density at radius 2 is 1.29 bits per heavy atom. The SMILES string of the molecule is O=C(C=Cc1ccc(-c2ccccc2Cl)o1)c1ccc(-c2ccccc2Cl)o1. The summed E-state index contributed by atoms with van der Waals surface area (Å²) in [6, 6.07) is 21.7. The van der Waals surface area contributed by atoms with Crippen LogP contribution in [-0.4, -0.2) is 5.78 Å². The molecule has 0 radical (unpaired) electrons. The number of hydrogen-bond donors (Lipinski definition) is 0. The van der Waals surface area contributed by atoms with E-state index in [2.05, 4.69) is 0 Å². The minimum absolute atomic E-state index is 0.226. The summed E-state index contributed by atoms with van der Waals surface area (Å²) in [5.41, 5.74) is 1.54. The van der Waals surface area contributed by atoms with Crippen molar-refractivity contribution >= 4 is 35.1 Å². The van der Waals surface area contributed by atoms with E-state index in [-0.39, 0.29) is 11.5 Å². The Balaban J connectivity index is 1.51. The average Bonchev–Trinajstić information content (AvgIpc) is 3.37. The van der Waals surface area contributed by atoms with Gasteiger partial charge in [0.25, 0.3) is 0 Å². The van der Waals surface area contributed by atoms with Crippen LogP contribution in [0.1, 0.15) is 16.3 Å². The molecule has 0 saturated carbocycles. The summed E-state index contributed by atoms with van der Waals surface area (Å²) < 4.78 is 11.4.